The summed E-state index contributed by atoms with van der Waals surface area (Å²) in [6.07, 6.45) is 0. The molecule has 0 aromatic rings. The van der Waals surface area contributed by atoms with Gasteiger partial charge in [0, 0.05) is 0 Å². The van der Waals surface area contributed by atoms with Gasteiger partial charge in [-0.2, -0.15) is 0 Å². The smallest absolute Gasteiger partial charge is 0.338 e. The molecule has 0 aliphatic rings. The number of aliphatic carboxylic acids is 1. The first-order valence-corrected chi connectivity index (χ1v) is 1.76. The molecule has 0 aromatic carbocycles. The molecule has 0 fully saturated rings. The van der Waals surface area contributed by atoms with E-state index in [4.69, 9.17) is 16.6 Å². The van der Waals surface area contributed by atoms with Gasteiger partial charge in [-0.15, -0.1) is 17.0 Å². The van der Waals surface area contributed by atoms with E-state index in [2.05, 4.69) is 0 Å². The van der Waals surface area contributed by atoms with Gasteiger partial charge in [0.1, 0.15) is 0 Å². The second-order valence-electron chi connectivity index (χ2n) is 1.59. The zero-order valence-corrected chi connectivity index (χ0v) is 6.13. The lowest BCUT2D eigenvalue weighted by Gasteiger charge is -2.09. The number of hydrogen-bond acceptors (Lipinski definition) is 3. The van der Waals surface area contributed by atoms with Crippen molar-refractivity contribution in [1.29, 1.82) is 0 Å². The van der Waals surface area contributed by atoms with Gasteiger partial charge in [0.2, 0.25) is 0 Å². The van der Waals surface area contributed by atoms with Crippen LogP contribution in [0.15, 0.2) is 0 Å². The summed E-state index contributed by atoms with van der Waals surface area (Å²) in [5.74, 6) is -1.20. The highest BCUT2D eigenvalue weighted by atomic mass is 79.9. The SMILES string of the molecule is Br.CC(N)(N)C(=O)O. The summed E-state index contributed by atoms with van der Waals surface area (Å²) in [6.45, 7) is 1.22. The monoisotopic (exact) mass is 184 g/mol. The van der Waals surface area contributed by atoms with Crippen LogP contribution >= 0.6 is 17.0 Å². The van der Waals surface area contributed by atoms with Gasteiger partial charge in [-0.1, -0.05) is 0 Å². The maximum atomic E-state index is 9.77. The highest BCUT2D eigenvalue weighted by molar-refractivity contribution is 8.93. The Labute approximate surface area is 57.6 Å². The summed E-state index contributed by atoms with van der Waals surface area (Å²) in [5, 5.41) is 8.00. The quantitative estimate of drug-likeness (QED) is 0.470. The van der Waals surface area contributed by atoms with Crippen LogP contribution in [0.4, 0.5) is 0 Å². The Morgan fingerprint density at radius 2 is 1.75 bits per heavy atom. The van der Waals surface area contributed by atoms with Gasteiger partial charge >= 0.3 is 5.97 Å². The molecule has 0 aromatic heterocycles. The minimum Gasteiger partial charge on any atom is -0.479 e. The van der Waals surface area contributed by atoms with Crippen molar-refractivity contribution < 1.29 is 9.90 Å². The number of halogens is 1. The van der Waals surface area contributed by atoms with Crippen LogP contribution in [0.2, 0.25) is 0 Å². The average molecular weight is 185 g/mol. The maximum Gasteiger partial charge on any atom is 0.338 e. The second-order valence-corrected chi connectivity index (χ2v) is 1.59. The predicted octanol–water partition coefficient (Wildman–Crippen LogP) is -0.717. The summed E-state index contributed by atoms with van der Waals surface area (Å²) in [7, 11) is 0. The highest BCUT2D eigenvalue weighted by Gasteiger charge is 2.20. The van der Waals surface area contributed by atoms with Crippen molar-refractivity contribution in [1.82, 2.24) is 0 Å². The van der Waals surface area contributed by atoms with Crippen LogP contribution in [-0.2, 0) is 4.79 Å². The molecule has 0 radical (unpaired) electrons. The third-order valence-electron chi connectivity index (χ3n) is 0.461. The zero-order valence-electron chi connectivity index (χ0n) is 4.42. The lowest BCUT2D eigenvalue weighted by Crippen LogP contribution is -2.53. The topological polar surface area (TPSA) is 89.3 Å². The van der Waals surface area contributed by atoms with Gasteiger partial charge in [-0.25, -0.2) is 4.79 Å². The molecule has 0 unspecified atom stereocenters. The number of carboxylic acids is 1. The fourth-order valence-electron chi connectivity index (χ4n) is 0. The minimum atomic E-state index is -1.58. The molecule has 4 nitrogen and oxygen atoms in total. The molecular formula is C3H9BrN2O2. The Morgan fingerprint density at radius 3 is 1.75 bits per heavy atom. The molecular weight excluding hydrogens is 176 g/mol. The number of carbonyl (C=O) groups is 1. The predicted molar refractivity (Wildman–Crippen MR) is 34.7 cm³/mol. The molecule has 5 heteroatoms. The van der Waals surface area contributed by atoms with E-state index in [1.54, 1.807) is 0 Å². The molecule has 8 heavy (non-hydrogen) atoms. The van der Waals surface area contributed by atoms with E-state index in [0.717, 1.165) is 0 Å². The van der Waals surface area contributed by atoms with E-state index in [1.807, 2.05) is 0 Å². The molecule has 0 spiro atoms. The van der Waals surface area contributed by atoms with Crippen molar-refractivity contribution in [2.45, 2.75) is 12.6 Å². The van der Waals surface area contributed by atoms with E-state index in [-0.39, 0.29) is 17.0 Å². The van der Waals surface area contributed by atoms with Gasteiger partial charge in [-0.3, -0.25) is 0 Å². The van der Waals surface area contributed by atoms with Gasteiger partial charge in [-0.05, 0) is 6.92 Å². The summed E-state index contributed by atoms with van der Waals surface area (Å²) >= 11 is 0. The maximum absolute atomic E-state index is 9.77. The van der Waals surface area contributed by atoms with Crippen LogP contribution in [-0.4, -0.2) is 16.7 Å². The van der Waals surface area contributed by atoms with Gasteiger partial charge < -0.3 is 16.6 Å². The first-order valence-electron chi connectivity index (χ1n) is 1.76. The highest BCUT2D eigenvalue weighted by Crippen LogP contribution is 1.82. The number of rotatable bonds is 1. The van der Waals surface area contributed by atoms with Gasteiger partial charge in [0.25, 0.3) is 0 Å². The third kappa shape index (κ3) is 4.04. The fourth-order valence-corrected chi connectivity index (χ4v) is 0. The Bertz CT molecular complexity index is 87.8. The molecule has 0 aliphatic carbocycles. The molecule has 0 saturated carbocycles. The molecule has 0 heterocycles. The van der Waals surface area contributed by atoms with E-state index in [1.165, 1.54) is 6.92 Å². The van der Waals surface area contributed by atoms with Crippen LogP contribution in [0.1, 0.15) is 6.92 Å². The molecule has 5 N–H and O–H groups in total. The zero-order chi connectivity index (χ0) is 6.08. The Kier molecular flexibility index (Phi) is 4.05. The number of carboxylic acid groups (broad SMARTS) is 1. The summed E-state index contributed by atoms with van der Waals surface area (Å²) in [4.78, 5) is 9.77. The van der Waals surface area contributed by atoms with Gasteiger partial charge in [0.15, 0.2) is 5.66 Å². The van der Waals surface area contributed by atoms with E-state index in [0.29, 0.717) is 0 Å². The van der Waals surface area contributed by atoms with Crippen molar-refractivity contribution in [3.05, 3.63) is 0 Å². The van der Waals surface area contributed by atoms with Crippen molar-refractivity contribution in [3.8, 4) is 0 Å². The minimum absolute atomic E-state index is 0. The normalized spacial score (nSPS) is 9.88. The molecule has 0 bridgehead atoms. The van der Waals surface area contributed by atoms with Crippen molar-refractivity contribution in [2.24, 2.45) is 11.5 Å². The van der Waals surface area contributed by atoms with Crippen LogP contribution in [0.5, 0.6) is 0 Å². The standard InChI is InChI=1S/C3H8N2O2.BrH/c1-3(4,5)2(6)7;/h4-5H2,1H3,(H,6,7);1H. The Balaban J connectivity index is 0. The summed E-state index contributed by atoms with van der Waals surface area (Å²) in [5.41, 5.74) is 8.13. The van der Waals surface area contributed by atoms with Gasteiger partial charge in [0.05, 0.1) is 0 Å². The Morgan fingerprint density at radius 1 is 1.62 bits per heavy atom. The van der Waals surface area contributed by atoms with Crippen LogP contribution in [0.3, 0.4) is 0 Å². The van der Waals surface area contributed by atoms with E-state index >= 15 is 0 Å². The van der Waals surface area contributed by atoms with Crippen LogP contribution in [0.25, 0.3) is 0 Å². The second kappa shape index (κ2) is 3.01. The third-order valence-corrected chi connectivity index (χ3v) is 0.461. The van der Waals surface area contributed by atoms with Crippen molar-refractivity contribution in [3.63, 3.8) is 0 Å². The molecule has 0 atom stereocenters. The van der Waals surface area contributed by atoms with Crippen molar-refractivity contribution in [2.75, 3.05) is 0 Å². The Hall–Kier alpha value is -0.130. The number of nitrogens with two attached hydrogens (primary N) is 2. The lowest BCUT2D eigenvalue weighted by molar-refractivity contribution is -0.142. The summed E-state index contributed by atoms with van der Waals surface area (Å²) < 4.78 is 0. The number of hydrogen-bond donors (Lipinski definition) is 3. The summed E-state index contributed by atoms with van der Waals surface area (Å²) in [6, 6.07) is 0. The van der Waals surface area contributed by atoms with Crippen LogP contribution < -0.4 is 11.5 Å². The van der Waals surface area contributed by atoms with Crippen molar-refractivity contribution >= 4 is 23.0 Å². The lowest BCUT2D eigenvalue weighted by atomic mass is 10.2. The fraction of sp³-hybridized carbons (Fsp3) is 0.667. The molecule has 0 saturated heterocycles. The molecule has 0 amide bonds. The molecule has 0 aliphatic heterocycles. The first kappa shape index (κ1) is 10.8. The molecule has 0 rings (SSSR count). The first-order chi connectivity index (χ1) is 2.94. The largest absolute Gasteiger partial charge is 0.479 e. The average Bonchev–Trinajstić information content (AvgIpc) is 1.31. The van der Waals surface area contributed by atoms with Crippen LogP contribution in [0, 0.1) is 0 Å². The van der Waals surface area contributed by atoms with E-state index in [9.17, 15) is 4.79 Å². The molecule has 50 valence electrons. The van der Waals surface area contributed by atoms with E-state index < -0.39 is 11.6 Å².